The van der Waals surface area contributed by atoms with Gasteiger partial charge in [-0.25, -0.2) is 4.39 Å². The van der Waals surface area contributed by atoms with E-state index in [1.165, 1.54) is 6.07 Å². The number of carboxylic acid groups (broad SMARTS) is 1. The fourth-order valence-corrected chi connectivity index (χ4v) is 6.38. The van der Waals surface area contributed by atoms with Gasteiger partial charge >= 0.3 is 5.97 Å². The Labute approximate surface area is 202 Å². The van der Waals surface area contributed by atoms with Gasteiger partial charge in [0.1, 0.15) is 5.82 Å². The van der Waals surface area contributed by atoms with E-state index in [0.29, 0.717) is 42.3 Å². The minimum Gasteiger partial charge on any atom is -0.481 e. The SMILES string of the molecule is O=C(O)CC12CC(NC(=O)c3ccc(F)c4ccn(Cc5ccc(N6CCOCC6)cc5)c34)(C1)C2. The molecule has 0 atom stereocenters. The van der Waals surface area contributed by atoms with Crippen molar-refractivity contribution in [2.75, 3.05) is 31.2 Å². The number of carbonyl (C=O) groups is 2. The van der Waals surface area contributed by atoms with Crippen LogP contribution in [0.5, 0.6) is 0 Å². The first-order valence-electron chi connectivity index (χ1n) is 12.1. The minimum atomic E-state index is -0.791. The Hall–Kier alpha value is -3.39. The van der Waals surface area contributed by atoms with Gasteiger partial charge in [0.15, 0.2) is 0 Å². The zero-order valence-electron chi connectivity index (χ0n) is 19.4. The maximum atomic E-state index is 14.6. The van der Waals surface area contributed by atoms with E-state index in [4.69, 9.17) is 9.84 Å². The fourth-order valence-electron chi connectivity index (χ4n) is 6.38. The maximum Gasteiger partial charge on any atom is 0.303 e. The third kappa shape index (κ3) is 3.86. The summed E-state index contributed by atoms with van der Waals surface area (Å²) in [6.45, 7) is 3.73. The van der Waals surface area contributed by atoms with Crippen LogP contribution in [0.15, 0.2) is 48.7 Å². The first-order chi connectivity index (χ1) is 16.9. The maximum absolute atomic E-state index is 14.6. The first-order valence-corrected chi connectivity index (χ1v) is 12.1. The Morgan fingerprint density at radius 3 is 2.43 bits per heavy atom. The summed E-state index contributed by atoms with van der Waals surface area (Å²) >= 11 is 0. The normalized spacial score (nSPS) is 25.1. The average molecular weight is 478 g/mol. The van der Waals surface area contributed by atoms with Gasteiger partial charge in [-0.1, -0.05) is 12.1 Å². The third-order valence-corrected chi connectivity index (χ3v) is 7.83. The van der Waals surface area contributed by atoms with Crippen molar-refractivity contribution in [1.29, 1.82) is 0 Å². The van der Waals surface area contributed by atoms with E-state index >= 15 is 0 Å². The molecule has 3 saturated carbocycles. The van der Waals surface area contributed by atoms with Gasteiger partial charge in [0.2, 0.25) is 0 Å². The summed E-state index contributed by atoms with van der Waals surface area (Å²) in [6.07, 6.45) is 4.05. The Kier molecular flexibility index (Phi) is 5.11. The molecule has 35 heavy (non-hydrogen) atoms. The van der Waals surface area contributed by atoms with Gasteiger partial charge in [0.25, 0.3) is 5.91 Å². The largest absolute Gasteiger partial charge is 0.481 e. The molecule has 1 amide bonds. The average Bonchev–Trinajstić information content (AvgIpc) is 3.22. The van der Waals surface area contributed by atoms with Crippen LogP contribution in [-0.4, -0.2) is 53.4 Å². The monoisotopic (exact) mass is 477 g/mol. The molecule has 2 N–H and O–H groups in total. The summed E-state index contributed by atoms with van der Waals surface area (Å²) in [4.78, 5) is 26.6. The van der Waals surface area contributed by atoms with E-state index in [2.05, 4.69) is 34.5 Å². The van der Waals surface area contributed by atoms with Gasteiger partial charge in [-0.05, 0) is 60.6 Å². The van der Waals surface area contributed by atoms with Gasteiger partial charge in [0.05, 0.1) is 30.7 Å². The van der Waals surface area contributed by atoms with Gasteiger partial charge in [-0.15, -0.1) is 0 Å². The summed E-state index contributed by atoms with van der Waals surface area (Å²) < 4.78 is 22.0. The lowest BCUT2D eigenvalue weighted by atomic mass is 9.38. The molecule has 2 aromatic carbocycles. The zero-order valence-corrected chi connectivity index (χ0v) is 19.4. The second kappa shape index (κ2) is 8.09. The lowest BCUT2D eigenvalue weighted by Gasteiger charge is -2.70. The second-order valence-corrected chi connectivity index (χ2v) is 10.4. The highest BCUT2D eigenvalue weighted by molar-refractivity contribution is 6.06. The molecule has 2 bridgehead atoms. The number of nitrogens with one attached hydrogen (secondary N) is 1. The molecule has 4 aliphatic rings. The molecule has 4 fully saturated rings. The quantitative estimate of drug-likeness (QED) is 0.541. The summed E-state index contributed by atoms with van der Waals surface area (Å²) in [5.74, 6) is -1.38. The number of fused-ring (bicyclic) bond motifs is 1. The van der Waals surface area contributed by atoms with E-state index < -0.39 is 5.97 Å². The molecule has 7 rings (SSSR count). The van der Waals surface area contributed by atoms with Gasteiger partial charge in [0, 0.05) is 42.4 Å². The number of ether oxygens (including phenoxy) is 1. The first kappa shape index (κ1) is 22.1. The molecular formula is C27H28FN3O4. The highest BCUT2D eigenvalue weighted by atomic mass is 19.1. The van der Waals surface area contributed by atoms with Crippen LogP contribution in [0.1, 0.15) is 41.6 Å². The van der Waals surface area contributed by atoms with Crippen LogP contribution in [0.4, 0.5) is 10.1 Å². The van der Waals surface area contributed by atoms with Crippen molar-refractivity contribution in [3.8, 4) is 0 Å². The lowest BCUT2D eigenvalue weighted by molar-refractivity contribution is -0.172. The van der Waals surface area contributed by atoms with Gasteiger partial charge in [-0.2, -0.15) is 0 Å². The van der Waals surface area contributed by atoms with E-state index in [1.807, 2.05) is 10.8 Å². The number of rotatable bonds is 7. The molecule has 3 aliphatic carbocycles. The standard InChI is InChI=1S/C27H28FN3O4/c28-22-6-5-21(25(34)29-27-15-26(16-27,17-27)13-23(32)33)24-20(22)7-8-31(24)14-18-1-3-19(4-2-18)30-9-11-35-12-10-30/h1-8H,9-17H2,(H,29,34)(H,32,33). The van der Waals surface area contributed by atoms with Crippen molar-refractivity contribution in [1.82, 2.24) is 9.88 Å². The number of aromatic nitrogens is 1. The molecule has 7 nitrogen and oxygen atoms in total. The van der Waals surface area contributed by atoms with Crippen molar-refractivity contribution in [2.24, 2.45) is 5.41 Å². The minimum absolute atomic E-state index is 0.151. The highest BCUT2D eigenvalue weighted by Crippen LogP contribution is 2.69. The van der Waals surface area contributed by atoms with Crippen molar-refractivity contribution in [3.05, 3.63) is 65.6 Å². The number of anilines is 1. The molecule has 0 radical (unpaired) electrons. The van der Waals surface area contributed by atoms with E-state index in [0.717, 1.165) is 37.6 Å². The molecule has 8 heteroatoms. The summed E-state index contributed by atoms with van der Waals surface area (Å²) in [5.41, 5.74) is 2.75. The smallest absolute Gasteiger partial charge is 0.303 e. The number of carbonyl (C=O) groups excluding carboxylic acids is 1. The van der Waals surface area contributed by atoms with Crippen molar-refractivity contribution >= 4 is 28.5 Å². The molecule has 1 aromatic heterocycles. The number of halogens is 1. The summed E-state index contributed by atoms with van der Waals surface area (Å²) in [7, 11) is 0. The van der Waals surface area contributed by atoms with Crippen LogP contribution in [0.2, 0.25) is 0 Å². The molecule has 0 spiro atoms. The summed E-state index contributed by atoms with van der Waals surface area (Å²) in [6, 6.07) is 12.9. The van der Waals surface area contributed by atoms with Crippen LogP contribution >= 0.6 is 0 Å². The molecule has 1 saturated heterocycles. The Bertz CT molecular complexity index is 1290. The highest BCUT2D eigenvalue weighted by Gasteiger charge is 2.68. The van der Waals surface area contributed by atoms with Crippen LogP contribution in [0.25, 0.3) is 10.9 Å². The molecular weight excluding hydrogens is 449 g/mol. The number of morpholine rings is 1. The number of amides is 1. The van der Waals surface area contributed by atoms with Gasteiger partial charge < -0.3 is 24.6 Å². The Morgan fingerprint density at radius 1 is 1.03 bits per heavy atom. The van der Waals surface area contributed by atoms with Crippen molar-refractivity contribution in [2.45, 2.75) is 37.8 Å². The summed E-state index contributed by atoms with van der Waals surface area (Å²) in [5, 5.41) is 12.6. The van der Waals surface area contributed by atoms with Crippen LogP contribution in [0, 0.1) is 11.2 Å². The second-order valence-electron chi connectivity index (χ2n) is 10.4. The number of benzene rings is 2. The van der Waals surface area contributed by atoms with E-state index in [1.54, 1.807) is 12.1 Å². The van der Waals surface area contributed by atoms with E-state index in [9.17, 15) is 14.0 Å². The lowest BCUT2D eigenvalue weighted by Crippen LogP contribution is -2.75. The van der Waals surface area contributed by atoms with Crippen molar-refractivity contribution in [3.63, 3.8) is 0 Å². The zero-order chi connectivity index (χ0) is 24.2. The molecule has 2 heterocycles. The van der Waals surface area contributed by atoms with E-state index in [-0.39, 0.29) is 29.1 Å². The molecule has 1 aliphatic heterocycles. The number of hydrogen-bond acceptors (Lipinski definition) is 4. The number of carboxylic acids is 1. The number of aliphatic carboxylic acids is 1. The number of nitrogens with zero attached hydrogens (tertiary/aromatic N) is 2. The molecule has 0 unspecified atom stereocenters. The van der Waals surface area contributed by atoms with Gasteiger partial charge in [-0.3, -0.25) is 9.59 Å². The van der Waals surface area contributed by atoms with Crippen LogP contribution in [-0.2, 0) is 16.1 Å². The predicted molar refractivity (Wildman–Crippen MR) is 129 cm³/mol. The number of hydrogen-bond donors (Lipinski definition) is 2. The Balaban J connectivity index is 1.22. The molecule has 182 valence electrons. The topological polar surface area (TPSA) is 83.8 Å². The fraction of sp³-hybridized carbons (Fsp3) is 0.407. The predicted octanol–water partition coefficient (Wildman–Crippen LogP) is 3.79. The van der Waals surface area contributed by atoms with Crippen LogP contribution < -0.4 is 10.2 Å². The Morgan fingerprint density at radius 2 is 1.74 bits per heavy atom. The van der Waals surface area contributed by atoms with Crippen LogP contribution in [0.3, 0.4) is 0 Å². The van der Waals surface area contributed by atoms with Crippen molar-refractivity contribution < 1.29 is 23.8 Å². The molecule has 3 aromatic rings. The third-order valence-electron chi connectivity index (χ3n) is 7.83.